The average molecular weight is 650 g/mol. The molecule has 9 nitrogen and oxygen atoms in total. The third kappa shape index (κ3) is 7.28. The molecule has 3 N–H and O–H groups in total. The lowest BCUT2D eigenvalue weighted by atomic mass is 9.95. The maximum atomic E-state index is 13.8. The molecule has 0 spiro atoms. The summed E-state index contributed by atoms with van der Waals surface area (Å²) in [6.45, 7) is 1.42. The van der Waals surface area contributed by atoms with Crippen LogP contribution in [-0.4, -0.2) is 68.9 Å². The first kappa shape index (κ1) is 31.6. The van der Waals surface area contributed by atoms with Gasteiger partial charge in [0.15, 0.2) is 0 Å². The molecule has 3 aromatic rings. The predicted octanol–water partition coefficient (Wildman–Crippen LogP) is 3.69. The van der Waals surface area contributed by atoms with Crippen LogP contribution in [0.25, 0.3) is 0 Å². The number of anilines is 2. The molecule has 234 valence electrons. The number of halogens is 4. The fourth-order valence-corrected chi connectivity index (χ4v) is 6.10. The van der Waals surface area contributed by atoms with Crippen molar-refractivity contribution in [3.8, 4) is 0 Å². The van der Waals surface area contributed by atoms with Gasteiger partial charge in [-0.2, -0.15) is 21.6 Å². The second-order valence-corrected chi connectivity index (χ2v) is 12.8. The molecule has 14 heteroatoms. The summed E-state index contributed by atoms with van der Waals surface area (Å²) >= 11 is 6.04. The SMILES string of the molecule is O=C(N[C@H](Cc1ccc(Cl)cc1)C(=O)N1CCN(c2ccccc2NS(=O)(=O)C(F)(F)F)CC1)[C@H]1Cc2ccccc2CN1. The summed E-state index contributed by atoms with van der Waals surface area (Å²) in [5, 5.41) is 6.73. The number of nitrogens with one attached hydrogen (secondary N) is 3. The van der Waals surface area contributed by atoms with Crippen molar-refractivity contribution < 1.29 is 31.2 Å². The van der Waals surface area contributed by atoms with Crippen LogP contribution < -0.4 is 20.3 Å². The highest BCUT2D eigenvalue weighted by Gasteiger charge is 2.46. The van der Waals surface area contributed by atoms with Crippen molar-refractivity contribution in [1.82, 2.24) is 15.5 Å². The fourth-order valence-electron chi connectivity index (χ4n) is 5.39. The van der Waals surface area contributed by atoms with Gasteiger partial charge < -0.3 is 20.4 Å². The predicted molar refractivity (Wildman–Crippen MR) is 162 cm³/mol. The number of amides is 2. The summed E-state index contributed by atoms with van der Waals surface area (Å²) < 4.78 is 64.2. The second kappa shape index (κ2) is 13.0. The molecule has 44 heavy (non-hydrogen) atoms. The highest BCUT2D eigenvalue weighted by atomic mass is 35.5. The van der Waals surface area contributed by atoms with Gasteiger partial charge in [0.05, 0.1) is 17.4 Å². The molecule has 2 heterocycles. The van der Waals surface area contributed by atoms with Crippen LogP contribution in [0, 0.1) is 0 Å². The average Bonchev–Trinajstić information content (AvgIpc) is 3.01. The molecule has 0 aliphatic carbocycles. The summed E-state index contributed by atoms with van der Waals surface area (Å²) in [5.41, 5.74) is -2.41. The quantitative estimate of drug-likeness (QED) is 0.344. The summed E-state index contributed by atoms with van der Waals surface area (Å²) in [4.78, 5) is 30.5. The number of sulfonamides is 1. The number of nitrogens with zero attached hydrogens (tertiary/aromatic N) is 2. The van der Waals surface area contributed by atoms with Gasteiger partial charge in [0, 0.05) is 44.2 Å². The van der Waals surface area contributed by atoms with E-state index >= 15 is 0 Å². The summed E-state index contributed by atoms with van der Waals surface area (Å²) in [6, 6.07) is 19.3. The molecule has 1 fully saturated rings. The number of rotatable bonds is 8. The lowest BCUT2D eigenvalue weighted by Crippen LogP contribution is -2.58. The first-order valence-electron chi connectivity index (χ1n) is 14.0. The van der Waals surface area contributed by atoms with Gasteiger partial charge in [0.25, 0.3) is 0 Å². The Morgan fingerprint density at radius 1 is 0.932 bits per heavy atom. The zero-order valence-corrected chi connectivity index (χ0v) is 25.1. The maximum absolute atomic E-state index is 13.8. The number of alkyl halides is 3. The highest BCUT2D eigenvalue weighted by molar-refractivity contribution is 7.93. The van der Waals surface area contributed by atoms with Crippen LogP contribution in [0.2, 0.25) is 5.02 Å². The number of benzene rings is 3. The zero-order valence-electron chi connectivity index (χ0n) is 23.5. The number of para-hydroxylation sites is 2. The van der Waals surface area contributed by atoms with Crippen LogP contribution in [0.1, 0.15) is 16.7 Å². The lowest BCUT2D eigenvalue weighted by Gasteiger charge is -2.38. The maximum Gasteiger partial charge on any atom is 0.516 e. The van der Waals surface area contributed by atoms with Crippen molar-refractivity contribution in [2.45, 2.75) is 37.0 Å². The van der Waals surface area contributed by atoms with Crippen molar-refractivity contribution in [3.05, 3.63) is 94.5 Å². The minimum Gasteiger partial charge on any atom is -0.366 e. The van der Waals surface area contributed by atoms with E-state index in [1.165, 1.54) is 18.2 Å². The van der Waals surface area contributed by atoms with Crippen LogP contribution in [0.4, 0.5) is 24.5 Å². The Hall–Kier alpha value is -3.81. The number of carbonyl (C=O) groups excluding carboxylic acids is 2. The van der Waals surface area contributed by atoms with Crippen molar-refractivity contribution >= 4 is 44.8 Å². The summed E-state index contributed by atoms with van der Waals surface area (Å²) in [6.07, 6.45) is 0.716. The lowest BCUT2D eigenvalue weighted by molar-refractivity contribution is -0.137. The van der Waals surface area contributed by atoms with Gasteiger partial charge in [-0.05, 0) is 47.4 Å². The number of piperazine rings is 1. The smallest absolute Gasteiger partial charge is 0.366 e. The van der Waals surface area contributed by atoms with Crippen LogP contribution in [0.3, 0.4) is 0 Å². The van der Waals surface area contributed by atoms with Gasteiger partial charge in [-0.3, -0.25) is 14.3 Å². The van der Waals surface area contributed by atoms with Crippen LogP contribution in [-0.2, 0) is 39.0 Å². The molecule has 0 saturated carbocycles. The molecular weight excluding hydrogens is 619 g/mol. The molecule has 0 radical (unpaired) electrons. The first-order valence-corrected chi connectivity index (χ1v) is 15.8. The minimum atomic E-state index is -5.61. The molecule has 1 saturated heterocycles. The van der Waals surface area contributed by atoms with Gasteiger partial charge in [-0.25, -0.2) is 0 Å². The van der Waals surface area contributed by atoms with Gasteiger partial charge >= 0.3 is 15.5 Å². The zero-order chi connectivity index (χ0) is 31.5. The number of hydrogen-bond acceptors (Lipinski definition) is 6. The largest absolute Gasteiger partial charge is 0.516 e. The van der Waals surface area contributed by atoms with Crippen LogP contribution in [0.15, 0.2) is 72.8 Å². The summed E-state index contributed by atoms with van der Waals surface area (Å²) in [5.74, 6) is -0.591. The normalized spacial score (nSPS) is 17.9. The Morgan fingerprint density at radius 2 is 1.57 bits per heavy atom. The first-order chi connectivity index (χ1) is 20.9. The standard InChI is InChI=1S/C30H31ClF3N5O4S/c31-23-11-9-20(10-12-23)17-26(36-28(40)25-18-21-5-1-2-6-22(21)19-35-25)29(41)39-15-13-38(14-16-39)27-8-4-3-7-24(27)37-44(42,43)30(32,33)34/h1-12,25-26,35,37H,13-19H2,(H,36,40)/t25-,26-/m1/s1. The molecule has 3 aromatic carbocycles. The molecule has 5 rings (SSSR count). The van der Waals surface area contributed by atoms with Gasteiger partial charge in [0.1, 0.15) is 6.04 Å². The number of carbonyl (C=O) groups is 2. The fraction of sp³-hybridized carbons (Fsp3) is 0.333. The Kier molecular flexibility index (Phi) is 9.37. The monoisotopic (exact) mass is 649 g/mol. The van der Waals surface area contributed by atoms with E-state index in [2.05, 4.69) is 10.6 Å². The number of hydrogen-bond donors (Lipinski definition) is 3. The molecule has 2 aliphatic rings. The van der Waals surface area contributed by atoms with Crippen LogP contribution >= 0.6 is 11.6 Å². The summed E-state index contributed by atoms with van der Waals surface area (Å²) in [7, 11) is -5.61. The molecule has 0 aromatic heterocycles. The molecule has 2 aliphatic heterocycles. The van der Waals surface area contributed by atoms with Gasteiger partial charge in [0.2, 0.25) is 11.8 Å². The molecule has 2 amide bonds. The van der Waals surface area contributed by atoms with Gasteiger partial charge in [-0.1, -0.05) is 60.1 Å². The minimum absolute atomic E-state index is 0.209. The Bertz CT molecular complexity index is 1610. The second-order valence-electron chi connectivity index (χ2n) is 10.7. The van der Waals surface area contributed by atoms with E-state index < -0.39 is 27.6 Å². The van der Waals surface area contributed by atoms with E-state index in [9.17, 15) is 31.2 Å². The van der Waals surface area contributed by atoms with E-state index in [4.69, 9.17) is 11.6 Å². The molecule has 0 unspecified atom stereocenters. The molecule has 0 bridgehead atoms. The Labute approximate surface area is 258 Å². The van der Waals surface area contributed by atoms with Crippen molar-refractivity contribution in [2.24, 2.45) is 0 Å². The van der Waals surface area contributed by atoms with E-state index in [-0.39, 0.29) is 55.8 Å². The topological polar surface area (TPSA) is 111 Å². The molecular formula is C30H31ClF3N5O4S. The van der Waals surface area contributed by atoms with Gasteiger partial charge in [-0.15, -0.1) is 0 Å². The van der Waals surface area contributed by atoms with Crippen molar-refractivity contribution in [1.29, 1.82) is 0 Å². The van der Waals surface area contributed by atoms with E-state index in [0.29, 0.717) is 18.0 Å². The van der Waals surface area contributed by atoms with Crippen LogP contribution in [0.5, 0.6) is 0 Å². The highest BCUT2D eigenvalue weighted by Crippen LogP contribution is 2.32. The third-order valence-electron chi connectivity index (χ3n) is 7.75. The Balaban J connectivity index is 1.28. The van der Waals surface area contributed by atoms with E-state index in [0.717, 1.165) is 16.7 Å². The van der Waals surface area contributed by atoms with Crippen molar-refractivity contribution in [3.63, 3.8) is 0 Å². The third-order valence-corrected chi connectivity index (χ3v) is 9.10. The Morgan fingerprint density at radius 3 is 2.25 bits per heavy atom. The van der Waals surface area contributed by atoms with E-state index in [1.54, 1.807) is 44.9 Å². The van der Waals surface area contributed by atoms with Crippen molar-refractivity contribution in [2.75, 3.05) is 35.8 Å². The van der Waals surface area contributed by atoms with E-state index in [1.807, 2.05) is 24.3 Å². The number of fused-ring (bicyclic) bond motifs is 1. The molecule has 2 atom stereocenters.